The molecule has 1 heterocycles. The fourth-order valence-electron chi connectivity index (χ4n) is 2.01. The lowest BCUT2D eigenvalue weighted by Crippen LogP contribution is -1.83. The molecule has 0 aliphatic heterocycles. The second-order valence-electron chi connectivity index (χ2n) is 4.43. The Morgan fingerprint density at radius 3 is 2.62 bits per heavy atom. The van der Waals surface area contributed by atoms with Crippen molar-refractivity contribution in [2.24, 2.45) is 0 Å². The zero-order valence-electron chi connectivity index (χ0n) is 10.6. The zero-order valence-corrected chi connectivity index (χ0v) is 12.2. The Balaban J connectivity index is 2.26. The van der Waals surface area contributed by atoms with Crippen LogP contribution in [0.5, 0.6) is 11.5 Å². The van der Waals surface area contributed by atoms with E-state index in [2.05, 4.69) is 27.5 Å². The monoisotopic (exact) mass is 349 g/mol. The van der Waals surface area contributed by atoms with Crippen molar-refractivity contribution in [2.45, 2.75) is 0 Å². The van der Waals surface area contributed by atoms with Gasteiger partial charge in [-0.2, -0.15) is 0 Å². The van der Waals surface area contributed by atoms with Crippen LogP contribution in [0.15, 0.2) is 41.3 Å². The molecule has 0 bridgehead atoms. The van der Waals surface area contributed by atoms with E-state index in [4.69, 9.17) is 4.42 Å². The highest BCUT2D eigenvalue weighted by Gasteiger charge is 2.17. The summed E-state index contributed by atoms with van der Waals surface area (Å²) >= 11 is 3.23. The molecule has 0 saturated heterocycles. The molecule has 21 heavy (non-hydrogen) atoms. The van der Waals surface area contributed by atoms with Gasteiger partial charge in [0.2, 0.25) is 5.89 Å². The minimum Gasteiger partial charge on any atom is -0.508 e. The van der Waals surface area contributed by atoms with Gasteiger partial charge in [-0.15, -0.1) is 0 Å². The Morgan fingerprint density at radius 2 is 1.95 bits per heavy atom. The van der Waals surface area contributed by atoms with Crippen LogP contribution in [0.25, 0.3) is 27.0 Å². The number of aromatic hydroxyl groups is 2. The van der Waals surface area contributed by atoms with Crippen LogP contribution >= 0.6 is 15.9 Å². The maximum atomic E-state index is 13.9. The number of oxazole rings is 1. The molecule has 1 aromatic heterocycles. The van der Waals surface area contributed by atoms with Crippen molar-refractivity contribution in [3.05, 3.63) is 48.3 Å². The highest BCUT2D eigenvalue weighted by molar-refractivity contribution is 9.15. The van der Waals surface area contributed by atoms with Crippen molar-refractivity contribution in [3.8, 4) is 23.0 Å². The molecule has 3 rings (SSSR count). The molecule has 2 N–H and O–H groups in total. The fourth-order valence-corrected chi connectivity index (χ4v) is 2.31. The molecule has 0 unspecified atom stereocenters. The molecule has 0 atom stereocenters. The zero-order chi connectivity index (χ0) is 15.1. The highest BCUT2D eigenvalue weighted by Crippen LogP contribution is 2.35. The van der Waals surface area contributed by atoms with Crippen LogP contribution in [-0.2, 0) is 0 Å². The van der Waals surface area contributed by atoms with E-state index in [0.29, 0.717) is 21.1 Å². The molecule has 106 valence electrons. The Hall–Kier alpha value is -2.34. The third-order valence-electron chi connectivity index (χ3n) is 2.95. The van der Waals surface area contributed by atoms with Crippen molar-refractivity contribution in [3.63, 3.8) is 0 Å². The first-order chi connectivity index (χ1) is 9.95. The van der Waals surface area contributed by atoms with Gasteiger partial charge in [0, 0.05) is 22.2 Å². The van der Waals surface area contributed by atoms with Gasteiger partial charge >= 0.3 is 0 Å². The highest BCUT2D eigenvalue weighted by atomic mass is 79.9. The molecule has 0 amide bonds. The molecule has 0 saturated carbocycles. The molecule has 6 heteroatoms. The lowest BCUT2D eigenvalue weighted by Gasteiger charge is -2.00. The Bertz CT molecular complexity index is 873. The predicted molar refractivity (Wildman–Crippen MR) is 80.7 cm³/mol. The first-order valence-corrected chi connectivity index (χ1v) is 6.72. The van der Waals surface area contributed by atoms with Crippen LogP contribution in [0.4, 0.5) is 4.39 Å². The summed E-state index contributed by atoms with van der Waals surface area (Å²) in [6, 6.07) is 6.58. The van der Waals surface area contributed by atoms with Crippen LogP contribution in [-0.4, -0.2) is 15.2 Å². The second kappa shape index (κ2) is 4.89. The number of phenols is 2. The number of phenolic OH excluding ortho intramolecular Hbond substituents is 2. The van der Waals surface area contributed by atoms with Gasteiger partial charge in [-0.05, 0) is 18.2 Å². The van der Waals surface area contributed by atoms with Gasteiger partial charge < -0.3 is 14.6 Å². The lowest BCUT2D eigenvalue weighted by molar-refractivity contribution is 0.469. The largest absolute Gasteiger partial charge is 0.508 e. The summed E-state index contributed by atoms with van der Waals surface area (Å²) < 4.78 is 20.0. The molecular formula is C15H9BrFNO3. The molecule has 0 fully saturated rings. The van der Waals surface area contributed by atoms with E-state index < -0.39 is 5.82 Å². The first kappa shape index (κ1) is 13.6. The number of benzene rings is 2. The van der Waals surface area contributed by atoms with Crippen LogP contribution < -0.4 is 0 Å². The SMILES string of the molecule is C=C(Br)c1cc(O)cc2nc(-c3ccc(O)cc3F)oc12. The van der Waals surface area contributed by atoms with Crippen molar-refractivity contribution in [2.75, 3.05) is 0 Å². The number of hydrogen-bond acceptors (Lipinski definition) is 4. The third-order valence-corrected chi connectivity index (χ3v) is 3.38. The van der Waals surface area contributed by atoms with Gasteiger partial charge in [0.15, 0.2) is 5.58 Å². The maximum Gasteiger partial charge on any atom is 0.230 e. The third kappa shape index (κ3) is 2.38. The normalized spacial score (nSPS) is 11.0. The fraction of sp³-hybridized carbons (Fsp3) is 0. The van der Waals surface area contributed by atoms with E-state index in [-0.39, 0.29) is 23.0 Å². The summed E-state index contributed by atoms with van der Waals surface area (Å²) in [5, 5.41) is 18.9. The number of fused-ring (bicyclic) bond motifs is 1. The minimum atomic E-state index is -0.648. The van der Waals surface area contributed by atoms with Crippen LogP contribution in [0.1, 0.15) is 5.56 Å². The molecule has 4 nitrogen and oxygen atoms in total. The molecule has 2 aromatic carbocycles. The predicted octanol–water partition coefficient (Wildman–Crippen LogP) is 4.41. The summed E-state index contributed by atoms with van der Waals surface area (Å²) in [5.74, 6) is -0.767. The lowest BCUT2D eigenvalue weighted by atomic mass is 10.2. The van der Waals surface area contributed by atoms with E-state index in [9.17, 15) is 14.6 Å². The maximum absolute atomic E-state index is 13.9. The van der Waals surface area contributed by atoms with Crippen molar-refractivity contribution >= 4 is 31.5 Å². The molecule has 0 radical (unpaired) electrons. The molecular weight excluding hydrogens is 341 g/mol. The quantitative estimate of drug-likeness (QED) is 0.719. The van der Waals surface area contributed by atoms with Crippen LogP contribution in [0, 0.1) is 5.82 Å². The number of aromatic nitrogens is 1. The Morgan fingerprint density at radius 1 is 1.19 bits per heavy atom. The number of halogens is 2. The summed E-state index contributed by atoms with van der Waals surface area (Å²) in [7, 11) is 0. The van der Waals surface area contributed by atoms with Gasteiger partial charge in [-0.3, -0.25) is 0 Å². The summed E-state index contributed by atoms with van der Waals surface area (Å²) in [5.41, 5.74) is 1.42. The summed E-state index contributed by atoms with van der Waals surface area (Å²) in [6.45, 7) is 3.74. The van der Waals surface area contributed by atoms with Crippen molar-refractivity contribution in [1.82, 2.24) is 4.98 Å². The molecule has 0 aliphatic rings. The van der Waals surface area contributed by atoms with Gasteiger partial charge in [-0.25, -0.2) is 9.37 Å². The Labute approximate surface area is 127 Å². The van der Waals surface area contributed by atoms with Crippen molar-refractivity contribution in [1.29, 1.82) is 0 Å². The average Bonchev–Trinajstić information content (AvgIpc) is 2.80. The van der Waals surface area contributed by atoms with E-state index in [1.54, 1.807) is 0 Å². The summed E-state index contributed by atoms with van der Waals surface area (Å²) in [6.07, 6.45) is 0. The second-order valence-corrected chi connectivity index (χ2v) is 5.39. The van der Waals surface area contributed by atoms with Crippen molar-refractivity contribution < 1.29 is 19.0 Å². The van der Waals surface area contributed by atoms with E-state index in [1.165, 1.54) is 24.3 Å². The smallest absolute Gasteiger partial charge is 0.230 e. The van der Waals surface area contributed by atoms with Crippen LogP contribution in [0.2, 0.25) is 0 Å². The van der Waals surface area contributed by atoms with Gasteiger partial charge in [0.25, 0.3) is 0 Å². The van der Waals surface area contributed by atoms with Gasteiger partial charge in [0.1, 0.15) is 22.8 Å². The van der Waals surface area contributed by atoms with E-state index in [1.807, 2.05) is 0 Å². The number of hydrogen-bond donors (Lipinski definition) is 2. The van der Waals surface area contributed by atoms with Crippen LogP contribution in [0.3, 0.4) is 0 Å². The number of nitrogens with zero attached hydrogens (tertiary/aromatic N) is 1. The average molecular weight is 350 g/mol. The Kier molecular flexibility index (Phi) is 3.17. The molecule has 0 aliphatic carbocycles. The van der Waals surface area contributed by atoms with E-state index >= 15 is 0 Å². The van der Waals surface area contributed by atoms with E-state index in [0.717, 1.165) is 6.07 Å². The molecule has 0 spiro atoms. The molecule has 3 aromatic rings. The van der Waals surface area contributed by atoms with Gasteiger partial charge in [-0.1, -0.05) is 22.5 Å². The number of rotatable bonds is 2. The minimum absolute atomic E-state index is 0.00382. The van der Waals surface area contributed by atoms with Gasteiger partial charge in [0.05, 0.1) is 5.56 Å². The standard InChI is InChI=1S/C15H9BrFNO3/c1-7(16)11-4-9(20)6-13-14(11)21-15(18-13)10-3-2-8(19)5-12(10)17/h2-6,19-20H,1H2. The topological polar surface area (TPSA) is 66.5 Å². The first-order valence-electron chi connectivity index (χ1n) is 5.93. The summed E-state index contributed by atoms with van der Waals surface area (Å²) in [4.78, 5) is 4.17.